The molecule has 2 N–H and O–H groups in total. The van der Waals surface area contributed by atoms with E-state index in [4.69, 9.17) is 0 Å². The minimum absolute atomic E-state index is 0. The second kappa shape index (κ2) is 10.3. The zero-order valence-corrected chi connectivity index (χ0v) is 13.0. The van der Waals surface area contributed by atoms with Crippen molar-refractivity contribution in [3.63, 3.8) is 0 Å². The number of alkyl halides is 3. The van der Waals surface area contributed by atoms with Gasteiger partial charge in [-0.2, -0.15) is 13.2 Å². The molecule has 8 heteroatoms. The largest absolute Gasteiger partial charge is 0.484 e. The van der Waals surface area contributed by atoms with Gasteiger partial charge in [0.15, 0.2) is 6.61 Å². The molecule has 22 heavy (non-hydrogen) atoms. The molecule has 126 valence electrons. The first-order valence-corrected chi connectivity index (χ1v) is 6.60. The van der Waals surface area contributed by atoms with Crippen LogP contribution in [0.4, 0.5) is 13.2 Å². The number of carbonyl (C=O) groups is 1. The van der Waals surface area contributed by atoms with Gasteiger partial charge in [0.05, 0.1) is 0 Å². The summed E-state index contributed by atoms with van der Waals surface area (Å²) in [5, 5.41) is 5.65. The molecule has 0 aromatic heterocycles. The first kappa shape index (κ1) is 20.5. The number of nitrogens with one attached hydrogen (secondary N) is 2. The summed E-state index contributed by atoms with van der Waals surface area (Å²) < 4.78 is 40.8. The highest BCUT2D eigenvalue weighted by molar-refractivity contribution is 5.85. The molecule has 1 amide bonds. The van der Waals surface area contributed by atoms with E-state index in [9.17, 15) is 18.0 Å². The molecule has 0 radical (unpaired) electrons. The highest BCUT2D eigenvalue weighted by Crippen LogP contribution is 2.19. The fourth-order valence-electron chi connectivity index (χ4n) is 1.63. The van der Waals surface area contributed by atoms with E-state index in [1.54, 1.807) is 12.1 Å². The second-order valence-electron chi connectivity index (χ2n) is 4.54. The van der Waals surface area contributed by atoms with E-state index in [0.717, 1.165) is 13.0 Å². The third-order valence-electron chi connectivity index (χ3n) is 2.62. The monoisotopic (exact) mass is 340 g/mol. The van der Waals surface area contributed by atoms with Gasteiger partial charge in [-0.25, -0.2) is 0 Å². The highest BCUT2D eigenvalue weighted by atomic mass is 35.5. The SMILES string of the molecule is CNCCCC(=O)NCc1cccc(OCC(F)(F)F)c1.Cl. The van der Waals surface area contributed by atoms with Crippen LogP contribution in [0, 0.1) is 0 Å². The molecule has 0 bridgehead atoms. The molecule has 0 spiro atoms. The summed E-state index contributed by atoms with van der Waals surface area (Å²) in [6.07, 6.45) is -3.22. The number of halogens is 4. The van der Waals surface area contributed by atoms with Crippen molar-refractivity contribution in [1.29, 1.82) is 0 Å². The van der Waals surface area contributed by atoms with Gasteiger partial charge in [0, 0.05) is 13.0 Å². The lowest BCUT2D eigenvalue weighted by atomic mass is 10.2. The van der Waals surface area contributed by atoms with Gasteiger partial charge in [-0.1, -0.05) is 12.1 Å². The molecule has 0 aliphatic heterocycles. The molecule has 0 atom stereocenters. The number of hydrogen-bond acceptors (Lipinski definition) is 3. The maximum Gasteiger partial charge on any atom is 0.422 e. The van der Waals surface area contributed by atoms with Gasteiger partial charge in [-0.15, -0.1) is 12.4 Å². The first-order chi connectivity index (χ1) is 9.90. The van der Waals surface area contributed by atoms with Crippen LogP contribution in [-0.2, 0) is 11.3 Å². The Labute approximate surface area is 133 Å². The molecule has 4 nitrogen and oxygen atoms in total. The normalized spacial score (nSPS) is 10.7. The maximum atomic E-state index is 12.1. The summed E-state index contributed by atoms with van der Waals surface area (Å²) in [5.41, 5.74) is 0.691. The first-order valence-electron chi connectivity index (χ1n) is 6.60. The average Bonchev–Trinajstić information content (AvgIpc) is 2.43. The van der Waals surface area contributed by atoms with E-state index in [-0.39, 0.29) is 30.6 Å². The van der Waals surface area contributed by atoms with Gasteiger partial charge < -0.3 is 15.4 Å². The fraction of sp³-hybridized carbons (Fsp3) is 0.500. The van der Waals surface area contributed by atoms with Crippen molar-refractivity contribution in [2.45, 2.75) is 25.6 Å². The standard InChI is InChI=1S/C14H19F3N2O2.ClH/c1-18-7-3-6-13(20)19-9-11-4-2-5-12(8-11)21-10-14(15,16)17;/h2,4-5,8,18H,3,6-7,9-10H2,1H3,(H,19,20);1H. The predicted octanol–water partition coefficient (Wildman–Crippen LogP) is 2.67. The lowest BCUT2D eigenvalue weighted by Crippen LogP contribution is -2.23. The zero-order chi connectivity index (χ0) is 15.7. The molecule has 0 heterocycles. The molecule has 1 rings (SSSR count). The number of ether oxygens (including phenoxy) is 1. The molecule has 0 saturated heterocycles. The number of amides is 1. The minimum atomic E-state index is -4.36. The van der Waals surface area contributed by atoms with Crippen molar-refractivity contribution in [1.82, 2.24) is 10.6 Å². The number of hydrogen-bond donors (Lipinski definition) is 2. The van der Waals surface area contributed by atoms with Crippen molar-refractivity contribution >= 4 is 18.3 Å². The van der Waals surface area contributed by atoms with Crippen LogP contribution in [-0.4, -0.2) is 32.3 Å². The van der Waals surface area contributed by atoms with Crippen LogP contribution in [0.2, 0.25) is 0 Å². The Hall–Kier alpha value is -1.47. The summed E-state index contributed by atoms with van der Waals surface area (Å²) in [6.45, 7) is -0.303. The van der Waals surface area contributed by atoms with Crippen LogP contribution in [0.1, 0.15) is 18.4 Å². The Kier molecular flexibility index (Phi) is 9.60. The Bertz CT molecular complexity index is 456. The van der Waals surface area contributed by atoms with Gasteiger partial charge in [0.25, 0.3) is 0 Å². The molecule has 0 aliphatic rings. The van der Waals surface area contributed by atoms with Crippen LogP contribution >= 0.6 is 12.4 Å². The Morgan fingerprint density at radius 3 is 2.68 bits per heavy atom. The fourth-order valence-corrected chi connectivity index (χ4v) is 1.63. The molecule has 1 aromatic carbocycles. The van der Waals surface area contributed by atoms with Crippen molar-refractivity contribution in [3.8, 4) is 5.75 Å². The molecular weight excluding hydrogens is 321 g/mol. The maximum absolute atomic E-state index is 12.1. The Balaban J connectivity index is 0.00000441. The quantitative estimate of drug-likeness (QED) is 0.715. The summed E-state index contributed by atoms with van der Waals surface area (Å²) in [4.78, 5) is 11.5. The van der Waals surface area contributed by atoms with Gasteiger partial charge in [-0.05, 0) is 37.7 Å². The molecule has 0 aliphatic carbocycles. The van der Waals surface area contributed by atoms with Gasteiger partial charge in [0.2, 0.25) is 5.91 Å². The number of benzene rings is 1. The number of carbonyl (C=O) groups excluding carboxylic acids is 1. The van der Waals surface area contributed by atoms with Gasteiger partial charge in [0.1, 0.15) is 5.75 Å². The summed E-state index contributed by atoms with van der Waals surface area (Å²) in [6, 6.07) is 6.24. The summed E-state index contributed by atoms with van der Waals surface area (Å²) >= 11 is 0. The third-order valence-corrected chi connectivity index (χ3v) is 2.62. The van der Waals surface area contributed by atoms with Crippen LogP contribution in [0.5, 0.6) is 5.75 Å². The van der Waals surface area contributed by atoms with Crippen LogP contribution < -0.4 is 15.4 Å². The van der Waals surface area contributed by atoms with Crippen molar-refractivity contribution in [2.75, 3.05) is 20.2 Å². The van der Waals surface area contributed by atoms with Crippen molar-refractivity contribution < 1.29 is 22.7 Å². The molecule has 0 saturated carbocycles. The lowest BCUT2D eigenvalue weighted by Gasteiger charge is -2.10. The van der Waals surface area contributed by atoms with E-state index >= 15 is 0 Å². The molecule has 0 fully saturated rings. The highest BCUT2D eigenvalue weighted by Gasteiger charge is 2.28. The predicted molar refractivity (Wildman–Crippen MR) is 80.2 cm³/mol. The van der Waals surface area contributed by atoms with Crippen LogP contribution in [0.25, 0.3) is 0 Å². The second-order valence-corrected chi connectivity index (χ2v) is 4.54. The Morgan fingerprint density at radius 1 is 1.32 bits per heavy atom. The minimum Gasteiger partial charge on any atom is -0.484 e. The van der Waals surface area contributed by atoms with Crippen LogP contribution in [0.15, 0.2) is 24.3 Å². The lowest BCUT2D eigenvalue weighted by molar-refractivity contribution is -0.153. The van der Waals surface area contributed by atoms with E-state index in [1.807, 2.05) is 7.05 Å². The van der Waals surface area contributed by atoms with E-state index in [2.05, 4.69) is 15.4 Å². The molecule has 0 unspecified atom stereocenters. The van der Waals surface area contributed by atoms with Crippen molar-refractivity contribution in [3.05, 3.63) is 29.8 Å². The van der Waals surface area contributed by atoms with Crippen LogP contribution in [0.3, 0.4) is 0 Å². The topological polar surface area (TPSA) is 50.4 Å². The smallest absolute Gasteiger partial charge is 0.422 e. The van der Waals surface area contributed by atoms with Gasteiger partial charge >= 0.3 is 6.18 Å². The number of rotatable bonds is 8. The zero-order valence-electron chi connectivity index (χ0n) is 12.2. The van der Waals surface area contributed by atoms with E-state index < -0.39 is 12.8 Å². The molecular formula is C14H20ClF3N2O2. The molecule has 1 aromatic rings. The summed E-state index contributed by atoms with van der Waals surface area (Å²) in [5.74, 6) is 0.0427. The van der Waals surface area contributed by atoms with Crippen molar-refractivity contribution in [2.24, 2.45) is 0 Å². The summed E-state index contributed by atoms with van der Waals surface area (Å²) in [7, 11) is 1.81. The third kappa shape index (κ3) is 9.46. The van der Waals surface area contributed by atoms with E-state index in [1.165, 1.54) is 12.1 Å². The van der Waals surface area contributed by atoms with E-state index in [0.29, 0.717) is 12.0 Å². The average molecular weight is 341 g/mol. The Morgan fingerprint density at radius 2 is 2.05 bits per heavy atom. The van der Waals surface area contributed by atoms with Gasteiger partial charge in [-0.3, -0.25) is 4.79 Å².